The van der Waals surface area contributed by atoms with Gasteiger partial charge in [-0.15, -0.1) is 0 Å². The summed E-state index contributed by atoms with van der Waals surface area (Å²) < 4.78 is 10.4. The molecule has 0 fully saturated rings. The van der Waals surface area contributed by atoms with E-state index < -0.39 is 0 Å². The van der Waals surface area contributed by atoms with Crippen molar-refractivity contribution in [3.8, 4) is 11.5 Å². The minimum atomic E-state index is 0.216. The van der Waals surface area contributed by atoms with Crippen molar-refractivity contribution < 1.29 is 9.47 Å². The van der Waals surface area contributed by atoms with Crippen LogP contribution in [0.2, 0.25) is 0 Å². The van der Waals surface area contributed by atoms with Crippen molar-refractivity contribution in [2.45, 2.75) is 12.5 Å². The summed E-state index contributed by atoms with van der Waals surface area (Å²) >= 11 is 0. The van der Waals surface area contributed by atoms with Crippen molar-refractivity contribution in [3.05, 3.63) is 59.7 Å². The zero-order chi connectivity index (χ0) is 14.7. The van der Waals surface area contributed by atoms with Crippen LogP contribution in [-0.4, -0.2) is 19.9 Å². The van der Waals surface area contributed by atoms with Crippen LogP contribution >= 0.6 is 0 Å². The van der Waals surface area contributed by atoms with E-state index in [2.05, 4.69) is 22.7 Å². The molecule has 0 saturated heterocycles. The van der Waals surface area contributed by atoms with E-state index in [1.54, 1.807) is 14.2 Å². The smallest absolute Gasteiger partial charge is 0.118 e. The fourth-order valence-corrected chi connectivity index (χ4v) is 2.43. The number of methoxy groups -OCH3 is 2. The highest BCUT2D eigenvalue weighted by Gasteiger charge is 2.21. The summed E-state index contributed by atoms with van der Waals surface area (Å²) in [5, 5.41) is 4.46. The Balaban J connectivity index is 1.71. The monoisotopic (exact) mass is 282 g/mol. The van der Waals surface area contributed by atoms with E-state index in [1.807, 2.05) is 36.4 Å². The molecule has 0 radical (unpaired) electrons. The SMILES string of the molecule is COc1ccc(C2=NNC(c3ccc(OC)cc3)C2)cc1. The molecule has 1 aliphatic rings. The van der Waals surface area contributed by atoms with E-state index in [1.165, 1.54) is 5.56 Å². The third-order valence-corrected chi connectivity index (χ3v) is 3.69. The van der Waals surface area contributed by atoms with Gasteiger partial charge in [0, 0.05) is 6.42 Å². The maximum atomic E-state index is 5.18. The summed E-state index contributed by atoms with van der Waals surface area (Å²) in [5.74, 6) is 1.73. The molecule has 0 aliphatic carbocycles. The summed E-state index contributed by atoms with van der Waals surface area (Å²) in [6, 6.07) is 16.3. The van der Waals surface area contributed by atoms with Gasteiger partial charge in [0.25, 0.3) is 0 Å². The second-order valence-electron chi connectivity index (χ2n) is 4.95. The number of rotatable bonds is 4. The van der Waals surface area contributed by atoms with Crippen LogP contribution in [0.15, 0.2) is 53.6 Å². The molecule has 1 unspecified atom stereocenters. The fraction of sp³-hybridized carbons (Fsp3) is 0.235. The van der Waals surface area contributed by atoms with Gasteiger partial charge >= 0.3 is 0 Å². The van der Waals surface area contributed by atoms with E-state index in [9.17, 15) is 0 Å². The first kappa shape index (κ1) is 13.5. The van der Waals surface area contributed by atoms with E-state index in [4.69, 9.17) is 9.47 Å². The summed E-state index contributed by atoms with van der Waals surface area (Å²) in [6.45, 7) is 0. The Morgan fingerprint density at radius 2 is 1.48 bits per heavy atom. The molecule has 2 aromatic carbocycles. The van der Waals surface area contributed by atoms with Gasteiger partial charge in [0.1, 0.15) is 11.5 Å². The van der Waals surface area contributed by atoms with Crippen LogP contribution < -0.4 is 14.9 Å². The first-order chi connectivity index (χ1) is 10.3. The van der Waals surface area contributed by atoms with Gasteiger partial charge in [0.2, 0.25) is 0 Å². The molecule has 108 valence electrons. The van der Waals surface area contributed by atoms with Gasteiger partial charge < -0.3 is 14.9 Å². The van der Waals surface area contributed by atoms with Crippen LogP contribution in [0.5, 0.6) is 11.5 Å². The summed E-state index contributed by atoms with van der Waals surface area (Å²) in [7, 11) is 3.34. The molecular formula is C17H18N2O2. The fourth-order valence-electron chi connectivity index (χ4n) is 2.43. The maximum absolute atomic E-state index is 5.18. The average molecular weight is 282 g/mol. The molecule has 0 amide bonds. The highest BCUT2D eigenvalue weighted by Crippen LogP contribution is 2.26. The standard InChI is InChI=1S/C17H18N2O2/c1-20-14-7-3-12(4-8-14)16-11-17(19-18-16)13-5-9-15(21-2)10-6-13/h3-10,16,18H,11H2,1-2H3. The molecule has 3 rings (SSSR count). The van der Waals surface area contributed by atoms with Gasteiger partial charge in [-0.3, -0.25) is 0 Å². The number of hydrogen-bond acceptors (Lipinski definition) is 4. The number of benzene rings is 2. The number of hydrogen-bond donors (Lipinski definition) is 1. The quantitative estimate of drug-likeness (QED) is 0.936. The van der Waals surface area contributed by atoms with Gasteiger partial charge in [-0.05, 0) is 47.5 Å². The van der Waals surface area contributed by atoms with Crippen molar-refractivity contribution in [2.24, 2.45) is 5.10 Å². The van der Waals surface area contributed by atoms with E-state index in [-0.39, 0.29) is 6.04 Å². The third-order valence-electron chi connectivity index (χ3n) is 3.69. The van der Waals surface area contributed by atoms with E-state index in [0.29, 0.717) is 0 Å². The Morgan fingerprint density at radius 3 is 2.05 bits per heavy atom. The lowest BCUT2D eigenvalue weighted by molar-refractivity contribution is 0.414. The van der Waals surface area contributed by atoms with Crippen molar-refractivity contribution in [3.63, 3.8) is 0 Å². The molecule has 1 aliphatic heterocycles. The number of nitrogens with zero attached hydrogens (tertiary/aromatic N) is 1. The zero-order valence-electron chi connectivity index (χ0n) is 12.2. The highest BCUT2D eigenvalue weighted by atomic mass is 16.5. The lowest BCUT2D eigenvalue weighted by atomic mass is 9.99. The Labute approximate surface area is 124 Å². The minimum absolute atomic E-state index is 0.216. The Kier molecular flexibility index (Phi) is 3.77. The van der Waals surface area contributed by atoms with E-state index in [0.717, 1.165) is 29.2 Å². The second kappa shape index (κ2) is 5.87. The van der Waals surface area contributed by atoms with Crippen molar-refractivity contribution in [2.75, 3.05) is 14.2 Å². The lowest BCUT2D eigenvalue weighted by Gasteiger charge is -2.10. The molecule has 1 heterocycles. The van der Waals surface area contributed by atoms with Crippen LogP contribution in [0, 0.1) is 0 Å². The summed E-state index contributed by atoms with van der Waals surface area (Å²) in [4.78, 5) is 0. The van der Waals surface area contributed by atoms with Gasteiger partial charge in [0.05, 0.1) is 26.0 Å². The Hall–Kier alpha value is -2.49. The first-order valence-electron chi connectivity index (χ1n) is 6.90. The topological polar surface area (TPSA) is 42.8 Å². The van der Waals surface area contributed by atoms with Gasteiger partial charge in [0.15, 0.2) is 0 Å². The molecule has 1 N–H and O–H groups in total. The molecule has 0 saturated carbocycles. The zero-order valence-corrected chi connectivity index (χ0v) is 12.2. The van der Waals surface area contributed by atoms with Crippen molar-refractivity contribution in [1.29, 1.82) is 0 Å². The van der Waals surface area contributed by atoms with Crippen LogP contribution in [0.1, 0.15) is 23.6 Å². The lowest BCUT2D eigenvalue weighted by Crippen LogP contribution is -2.09. The van der Waals surface area contributed by atoms with Crippen LogP contribution in [0.4, 0.5) is 0 Å². The summed E-state index contributed by atoms with van der Waals surface area (Å²) in [6.07, 6.45) is 0.874. The Morgan fingerprint density at radius 1 is 0.905 bits per heavy atom. The van der Waals surface area contributed by atoms with Crippen molar-refractivity contribution in [1.82, 2.24) is 5.43 Å². The predicted octanol–water partition coefficient (Wildman–Crippen LogP) is 3.14. The third kappa shape index (κ3) is 2.84. The molecule has 4 heteroatoms. The number of hydrazone groups is 1. The van der Waals surface area contributed by atoms with Crippen LogP contribution in [-0.2, 0) is 0 Å². The minimum Gasteiger partial charge on any atom is -0.497 e. The molecule has 0 bridgehead atoms. The maximum Gasteiger partial charge on any atom is 0.118 e. The second-order valence-corrected chi connectivity index (χ2v) is 4.95. The average Bonchev–Trinajstić information content (AvgIpc) is 3.05. The van der Waals surface area contributed by atoms with Gasteiger partial charge in [-0.25, -0.2) is 0 Å². The largest absolute Gasteiger partial charge is 0.497 e. The number of nitrogens with one attached hydrogen (secondary N) is 1. The molecular weight excluding hydrogens is 264 g/mol. The van der Waals surface area contributed by atoms with E-state index >= 15 is 0 Å². The predicted molar refractivity (Wildman–Crippen MR) is 83.0 cm³/mol. The van der Waals surface area contributed by atoms with Crippen LogP contribution in [0.3, 0.4) is 0 Å². The van der Waals surface area contributed by atoms with Crippen LogP contribution in [0.25, 0.3) is 0 Å². The molecule has 2 aromatic rings. The van der Waals surface area contributed by atoms with Gasteiger partial charge in [-0.2, -0.15) is 5.10 Å². The molecule has 0 spiro atoms. The normalized spacial score (nSPS) is 17.0. The first-order valence-corrected chi connectivity index (χ1v) is 6.90. The van der Waals surface area contributed by atoms with Crippen molar-refractivity contribution >= 4 is 5.71 Å². The molecule has 1 atom stereocenters. The molecule has 4 nitrogen and oxygen atoms in total. The Bertz CT molecular complexity index is 633. The van der Waals surface area contributed by atoms with Gasteiger partial charge in [-0.1, -0.05) is 12.1 Å². The molecule has 0 aromatic heterocycles. The molecule has 21 heavy (non-hydrogen) atoms. The number of ether oxygens (including phenoxy) is 2. The highest BCUT2D eigenvalue weighted by molar-refractivity contribution is 6.01. The summed E-state index contributed by atoms with van der Waals surface area (Å²) in [5.41, 5.74) is 6.61.